The van der Waals surface area contributed by atoms with Gasteiger partial charge in [-0.3, -0.25) is 4.79 Å². The molecule has 17 atom stereocenters. The average Bonchev–Trinajstić information content (AvgIpc) is 0.777. The van der Waals surface area contributed by atoms with Crippen LogP contribution in [0.3, 0.4) is 0 Å². The lowest BCUT2D eigenvalue weighted by molar-refractivity contribution is -0.379. The Labute approximate surface area is 709 Å². The number of rotatable bonds is 75. The van der Waals surface area contributed by atoms with E-state index in [0.29, 0.717) is 6.42 Å². The first-order valence-corrected chi connectivity index (χ1v) is 46.9. The molecule has 0 aliphatic carbocycles. The quantitative estimate of drug-likeness (QED) is 0.0199. The molecule has 17 unspecified atom stereocenters. The van der Waals surface area contributed by atoms with Crippen molar-refractivity contribution in [3.63, 3.8) is 0 Å². The van der Waals surface area contributed by atoms with Crippen LogP contribution in [0.2, 0.25) is 0 Å². The number of aliphatic hydroxyl groups is 11. The van der Waals surface area contributed by atoms with Crippen LogP contribution in [0.25, 0.3) is 0 Å². The third-order valence-electron chi connectivity index (χ3n) is 22.5. The summed E-state index contributed by atoms with van der Waals surface area (Å²) in [6.45, 7) is 1.65. The highest BCUT2D eigenvalue weighted by Gasteiger charge is 2.54. The number of nitrogens with one attached hydrogen (secondary N) is 1. The molecular weight excluding hydrogens is 1480 g/mol. The zero-order valence-corrected chi connectivity index (χ0v) is 72.9. The molecule has 0 radical (unpaired) electrons. The van der Waals surface area contributed by atoms with E-state index in [9.17, 15) is 61.0 Å². The van der Waals surface area contributed by atoms with Crippen molar-refractivity contribution in [3.05, 3.63) is 134 Å². The van der Waals surface area contributed by atoms with Gasteiger partial charge < -0.3 is 89.9 Å². The fourth-order valence-electron chi connectivity index (χ4n) is 15.0. The van der Waals surface area contributed by atoms with Crippen molar-refractivity contribution >= 4 is 5.91 Å². The van der Waals surface area contributed by atoms with E-state index in [1.807, 2.05) is 6.08 Å². The smallest absolute Gasteiger partial charge is 0.220 e. The highest BCUT2D eigenvalue weighted by atomic mass is 16.8. The highest BCUT2D eigenvalue weighted by molar-refractivity contribution is 5.76. The number of carbonyl (C=O) groups is 1. The Morgan fingerprint density at radius 1 is 0.316 bits per heavy atom. The van der Waals surface area contributed by atoms with E-state index in [-0.39, 0.29) is 18.9 Å². The molecule has 3 heterocycles. The SMILES string of the molecule is CC/C=C\C/C=C\C/C=C\C/C=C\C/C=C\C/C=C\C/C=C\C/C=C\C/C=C\C/C=C\CCCCCCCCCCC(=O)NC(COC1OC(CO)C(OC2OC(CO)C(OC3OC(CO)C(O)C(O)C3O)C(O)C2O)C(O)C1O)C(O)/C=C/CCCCCCCCCCCCCCCCCCCCCCCCCCCCCCCCC. The first-order valence-electron chi connectivity index (χ1n) is 46.9. The third kappa shape index (κ3) is 53.6. The maximum absolute atomic E-state index is 13.5. The van der Waals surface area contributed by atoms with Gasteiger partial charge in [-0.05, 0) is 96.3 Å². The lowest BCUT2D eigenvalue weighted by atomic mass is 9.96. The van der Waals surface area contributed by atoms with Gasteiger partial charge in [-0.2, -0.15) is 0 Å². The molecule has 3 aliphatic heterocycles. The lowest BCUT2D eigenvalue weighted by Crippen LogP contribution is -2.66. The zero-order valence-electron chi connectivity index (χ0n) is 72.9. The number of unbranched alkanes of at least 4 members (excludes halogenated alkanes) is 39. The van der Waals surface area contributed by atoms with Crippen molar-refractivity contribution < 1.29 is 89.4 Å². The van der Waals surface area contributed by atoms with Crippen LogP contribution in [-0.4, -0.2) is 193 Å². The molecule has 0 aromatic carbocycles. The Morgan fingerprint density at radius 2 is 0.590 bits per heavy atom. The van der Waals surface area contributed by atoms with E-state index in [1.54, 1.807) is 6.08 Å². The molecule has 3 aliphatic rings. The zero-order chi connectivity index (χ0) is 84.5. The topological polar surface area (TPSA) is 307 Å². The van der Waals surface area contributed by atoms with E-state index in [4.69, 9.17) is 28.4 Å². The molecule has 0 bridgehead atoms. The monoisotopic (exact) mass is 1650 g/mol. The van der Waals surface area contributed by atoms with Gasteiger partial charge in [0, 0.05) is 6.42 Å². The Morgan fingerprint density at radius 3 is 0.923 bits per heavy atom. The maximum atomic E-state index is 13.5. The summed E-state index contributed by atoms with van der Waals surface area (Å²) in [6, 6.07) is -0.990. The molecule has 3 saturated heterocycles. The summed E-state index contributed by atoms with van der Waals surface area (Å²) < 4.78 is 34.5. The standard InChI is InChI=1S/C98H169NO18/c1-3-5-7-9-11-13-15-17-19-21-23-25-27-29-31-33-35-37-38-39-40-41-42-44-46-48-50-52-54-56-58-60-62-64-66-68-70-72-74-76-86(104)99-81(82(103)75-73-71-69-67-65-63-61-59-57-55-53-51-49-47-45-43-36-34-32-30-28-26-24-22-20-18-16-14-12-10-8-6-4-2)80-112-96-92(110)89(107)94(84(78-101)114-96)117-98-93(111)90(108)95(85(79-102)115-98)116-97-91(109)88(106)87(105)83(77-100)113-97/h5,7,11,13,17,19,23,25,29,31,35,37,39-40,42,44,48,50,54,56,73,75,81-85,87-98,100-103,105-111H,3-4,6,8-10,12,14-16,18,20-22,24,26-28,30,32-34,36,38,41,43,45-47,49,51-53,55,57-72,74,76-80H2,1-2H3,(H,99,104)/b7-5-,13-11-,19-17-,25-23-,31-29-,37-35-,40-39-,44-42-,50-48-,56-54-,75-73+. The summed E-state index contributed by atoms with van der Waals surface area (Å²) >= 11 is 0. The lowest BCUT2D eigenvalue weighted by Gasteiger charge is -2.48. The van der Waals surface area contributed by atoms with Crippen molar-refractivity contribution in [1.29, 1.82) is 0 Å². The molecule has 0 aromatic heterocycles. The number of carbonyl (C=O) groups excluding carboxylic acids is 1. The predicted octanol–water partition coefficient (Wildman–Crippen LogP) is 18.7. The summed E-state index contributed by atoms with van der Waals surface area (Å²) in [5.74, 6) is -0.285. The molecule has 19 heteroatoms. The van der Waals surface area contributed by atoms with E-state index in [1.165, 1.54) is 186 Å². The molecule has 0 spiro atoms. The van der Waals surface area contributed by atoms with Gasteiger partial charge in [-0.25, -0.2) is 0 Å². The summed E-state index contributed by atoms with van der Waals surface area (Å²) in [5, 5.41) is 121. The summed E-state index contributed by atoms with van der Waals surface area (Å²) in [6.07, 6.45) is 83.1. The second-order valence-electron chi connectivity index (χ2n) is 32.7. The van der Waals surface area contributed by atoms with Gasteiger partial charge in [0.2, 0.25) is 5.91 Å². The molecule has 19 nitrogen and oxygen atoms in total. The molecule has 3 rings (SSSR count). The molecule has 0 aromatic rings. The molecule has 674 valence electrons. The molecule has 12 N–H and O–H groups in total. The predicted molar refractivity (Wildman–Crippen MR) is 475 cm³/mol. The van der Waals surface area contributed by atoms with Crippen molar-refractivity contribution in [2.45, 2.75) is 452 Å². The molecular formula is C98H169NO18. The van der Waals surface area contributed by atoms with E-state index < -0.39 is 124 Å². The Bertz CT molecular complexity index is 2630. The maximum Gasteiger partial charge on any atom is 0.220 e. The van der Waals surface area contributed by atoms with Gasteiger partial charge in [0.05, 0.1) is 38.6 Å². The minimum absolute atomic E-state index is 0.226. The van der Waals surface area contributed by atoms with Crippen LogP contribution >= 0.6 is 0 Å². The van der Waals surface area contributed by atoms with E-state index in [2.05, 4.69) is 141 Å². The fourth-order valence-corrected chi connectivity index (χ4v) is 15.0. The van der Waals surface area contributed by atoms with Gasteiger partial charge in [-0.15, -0.1) is 0 Å². The van der Waals surface area contributed by atoms with Crippen molar-refractivity contribution in [1.82, 2.24) is 5.32 Å². The number of allylic oxidation sites excluding steroid dienone is 21. The van der Waals surface area contributed by atoms with Gasteiger partial charge >= 0.3 is 0 Å². The Kier molecular flexibility index (Phi) is 69.3. The van der Waals surface area contributed by atoms with Crippen LogP contribution in [0.15, 0.2) is 134 Å². The van der Waals surface area contributed by atoms with Crippen LogP contribution in [0.4, 0.5) is 0 Å². The second kappa shape index (κ2) is 75.7. The number of aliphatic hydroxyl groups excluding tert-OH is 11. The normalized spacial score (nSPS) is 25.0. The van der Waals surface area contributed by atoms with Crippen LogP contribution in [-0.2, 0) is 33.2 Å². The van der Waals surface area contributed by atoms with Crippen molar-refractivity contribution in [2.24, 2.45) is 0 Å². The minimum Gasteiger partial charge on any atom is -0.394 e. The largest absolute Gasteiger partial charge is 0.394 e. The van der Waals surface area contributed by atoms with E-state index in [0.717, 1.165) is 135 Å². The summed E-state index contributed by atoms with van der Waals surface area (Å²) in [7, 11) is 0. The molecule has 117 heavy (non-hydrogen) atoms. The van der Waals surface area contributed by atoms with Crippen LogP contribution < -0.4 is 5.32 Å². The van der Waals surface area contributed by atoms with Crippen LogP contribution in [0, 0.1) is 0 Å². The molecule has 1 amide bonds. The molecule has 3 fully saturated rings. The van der Waals surface area contributed by atoms with Crippen LogP contribution in [0.5, 0.6) is 0 Å². The number of hydrogen-bond acceptors (Lipinski definition) is 18. The number of hydrogen-bond donors (Lipinski definition) is 12. The summed E-state index contributed by atoms with van der Waals surface area (Å²) in [4.78, 5) is 13.5. The summed E-state index contributed by atoms with van der Waals surface area (Å²) in [5.41, 5.74) is 0. The van der Waals surface area contributed by atoms with Crippen molar-refractivity contribution in [2.75, 3.05) is 26.4 Å². The fraction of sp³-hybridized carbons (Fsp3) is 0.765. The average molecular weight is 1650 g/mol. The van der Waals surface area contributed by atoms with Gasteiger partial charge in [0.25, 0.3) is 0 Å². The van der Waals surface area contributed by atoms with E-state index >= 15 is 0 Å². The molecule has 0 saturated carbocycles. The first kappa shape index (κ1) is 107. The minimum atomic E-state index is -1.99. The number of amides is 1. The highest BCUT2D eigenvalue weighted by Crippen LogP contribution is 2.34. The third-order valence-corrected chi connectivity index (χ3v) is 22.5. The first-order chi connectivity index (χ1) is 57.3. The Balaban J connectivity index is 1.33. The van der Waals surface area contributed by atoms with Gasteiger partial charge in [-0.1, -0.05) is 379 Å². The Hall–Kier alpha value is -4.07. The number of ether oxygens (including phenoxy) is 6. The van der Waals surface area contributed by atoms with Crippen molar-refractivity contribution in [3.8, 4) is 0 Å². The van der Waals surface area contributed by atoms with Gasteiger partial charge in [0.1, 0.15) is 73.2 Å². The van der Waals surface area contributed by atoms with Gasteiger partial charge in [0.15, 0.2) is 18.9 Å². The van der Waals surface area contributed by atoms with Crippen LogP contribution in [0.1, 0.15) is 348 Å². The second-order valence-corrected chi connectivity index (χ2v) is 32.7.